The highest BCUT2D eigenvalue weighted by Crippen LogP contribution is 2.31. The molecule has 0 heterocycles. The third-order valence-corrected chi connectivity index (χ3v) is 2.88. The van der Waals surface area contributed by atoms with Gasteiger partial charge in [-0.3, -0.25) is 0 Å². The summed E-state index contributed by atoms with van der Waals surface area (Å²) in [5.41, 5.74) is 0.770. The van der Waals surface area contributed by atoms with Crippen molar-refractivity contribution in [3.8, 4) is 23.6 Å². The summed E-state index contributed by atoms with van der Waals surface area (Å²) in [6.45, 7) is 1.56. The van der Waals surface area contributed by atoms with Crippen molar-refractivity contribution in [3.63, 3.8) is 0 Å². The molecule has 21 heavy (non-hydrogen) atoms. The highest BCUT2D eigenvalue weighted by molar-refractivity contribution is 5.46. The number of nitriles is 2. The van der Waals surface area contributed by atoms with E-state index in [4.69, 9.17) is 15.3 Å². The van der Waals surface area contributed by atoms with Gasteiger partial charge >= 0.3 is 0 Å². The summed E-state index contributed by atoms with van der Waals surface area (Å²) in [7, 11) is 0. The van der Waals surface area contributed by atoms with E-state index < -0.39 is 11.9 Å². The number of aliphatic hydroxyl groups is 1. The molecule has 0 fully saturated rings. The predicted octanol–water partition coefficient (Wildman–Crippen LogP) is 3.41. The first-order valence-corrected chi connectivity index (χ1v) is 6.14. The average molecular weight is 282 g/mol. The van der Waals surface area contributed by atoms with Gasteiger partial charge in [0, 0.05) is 11.6 Å². The van der Waals surface area contributed by atoms with Crippen LogP contribution >= 0.6 is 0 Å². The fourth-order valence-corrected chi connectivity index (χ4v) is 1.81. The third kappa shape index (κ3) is 3.17. The Balaban J connectivity index is 2.41. The van der Waals surface area contributed by atoms with Gasteiger partial charge in [0.1, 0.15) is 23.4 Å². The quantitative estimate of drug-likeness (QED) is 0.935. The van der Waals surface area contributed by atoms with Crippen molar-refractivity contribution in [2.75, 3.05) is 0 Å². The molecule has 1 atom stereocenters. The van der Waals surface area contributed by atoms with E-state index in [1.807, 2.05) is 6.07 Å². The van der Waals surface area contributed by atoms with Crippen molar-refractivity contribution in [2.24, 2.45) is 0 Å². The molecule has 1 N–H and O–H groups in total. The molecule has 0 aliphatic rings. The highest BCUT2D eigenvalue weighted by atomic mass is 19.1. The summed E-state index contributed by atoms with van der Waals surface area (Å²) in [5.74, 6) is -0.235. The van der Waals surface area contributed by atoms with Crippen LogP contribution in [0.1, 0.15) is 29.7 Å². The number of nitrogens with zero attached hydrogens (tertiary/aromatic N) is 2. The number of hydrogen-bond acceptors (Lipinski definition) is 4. The molecular formula is C16H11FN2O2. The van der Waals surface area contributed by atoms with Gasteiger partial charge in [-0.1, -0.05) is 6.07 Å². The van der Waals surface area contributed by atoms with Gasteiger partial charge in [0.25, 0.3) is 0 Å². The molecule has 0 amide bonds. The van der Waals surface area contributed by atoms with Crippen molar-refractivity contribution in [3.05, 3.63) is 58.9 Å². The van der Waals surface area contributed by atoms with Gasteiger partial charge in [-0.15, -0.1) is 0 Å². The minimum absolute atomic E-state index is 0.0797. The SMILES string of the molecule is C[C@H](O)c1ccc(C#N)cc1Oc1ccc(C#N)c(F)c1. The second kappa shape index (κ2) is 6.04. The summed E-state index contributed by atoms with van der Waals surface area (Å²) in [4.78, 5) is 0. The Bertz CT molecular complexity index is 758. The fraction of sp³-hybridized carbons (Fsp3) is 0.125. The summed E-state index contributed by atoms with van der Waals surface area (Å²) in [6, 6.07) is 12.2. The number of aliphatic hydroxyl groups excluding tert-OH is 1. The molecule has 0 aliphatic carbocycles. The number of halogens is 1. The topological polar surface area (TPSA) is 77.0 Å². The lowest BCUT2D eigenvalue weighted by atomic mass is 10.1. The first-order chi connectivity index (χ1) is 10.0. The summed E-state index contributed by atoms with van der Waals surface area (Å²) < 4.78 is 19.1. The minimum atomic E-state index is -0.795. The van der Waals surface area contributed by atoms with E-state index in [2.05, 4.69) is 0 Å². The molecule has 0 radical (unpaired) electrons. The fourth-order valence-electron chi connectivity index (χ4n) is 1.81. The summed E-state index contributed by atoms with van der Waals surface area (Å²) in [5, 5.41) is 27.3. The Kier molecular flexibility index (Phi) is 4.18. The van der Waals surface area contributed by atoms with Crippen LogP contribution in [-0.4, -0.2) is 5.11 Å². The molecule has 0 unspecified atom stereocenters. The molecule has 0 saturated heterocycles. The molecule has 2 aromatic carbocycles. The van der Waals surface area contributed by atoms with E-state index in [1.165, 1.54) is 18.2 Å². The molecule has 2 aromatic rings. The van der Waals surface area contributed by atoms with Crippen molar-refractivity contribution >= 4 is 0 Å². The van der Waals surface area contributed by atoms with Gasteiger partial charge in [-0.2, -0.15) is 10.5 Å². The Hall–Kier alpha value is -2.89. The molecule has 0 aromatic heterocycles. The smallest absolute Gasteiger partial charge is 0.144 e. The molecule has 104 valence electrons. The monoisotopic (exact) mass is 282 g/mol. The van der Waals surface area contributed by atoms with Crippen LogP contribution in [0.3, 0.4) is 0 Å². The van der Waals surface area contributed by atoms with Crippen molar-refractivity contribution in [1.29, 1.82) is 10.5 Å². The molecule has 5 heteroatoms. The van der Waals surface area contributed by atoms with E-state index in [9.17, 15) is 9.50 Å². The van der Waals surface area contributed by atoms with Crippen molar-refractivity contribution in [1.82, 2.24) is 0 Å². The van der Waals surface area contributed by atoms with Crippen LogP contribution in [0.5, 0.6) is 11.5 Å². The van der Waals surface area contributed by atoms with Gasteiger partial charge in [-0.05, 0) is 31.2 Å². The zero-order valence-corrected chi connectivity index (χ0v) is 11.2. The minimum Gasteiger partial charge on any atom is -0.457 e. The van der Waals surface area contributed by atoms with Crippen LogP contribution < -0.4 is 4.74 Å². The number of benzene rings is 2. The van der Waals surface area contributed by atoms with Crippen LogP contribution in [0.4, 0.5) is 4.39 Å². The molecule has 4 nitrogen and oxygen atoms in total. The molecule has 0 saturated carbocycles. The number of ether oxygens (including phenoxy) is 1. The lowest BCUT2D eigenvalue weighted by Gasteiger charge is -2.13. The molecule has 0 spiro atoms. The van der Waals surface area contributed by atoms with Gasteiger partial charge < -0.3 is 9.84 Å². The van der Waals surface area contributed by atoms with E-state index in [0.29, 0.717) is 11.1 Å². The first-order valence-electron chi connectivity index (χ1n) is 6.14. The Morgan fingerprint density at radius 1 is 1.14 bits per heavy atom. The van der Waals surface area contributed by atoms with E-state index in [-0.39, 0.29) is 17.1 Å². The highest BCUT2D eigenvalue weighted by Gasteiger charge is 2.12. The number of rotatable bonds is 3. The van der Waals surface area contributed by atoms with Crippen LogP contribution in [-0.2, 0) is 0 Å². The van der Waals surface area contributed by atoms with E-state index in [0.717, 1.165) is 6.07 Å². The van der Waals surface area contributed by atoms with Crippen LogP contribution in [0.25, 0.3) is 0 Å². The summed E-state index contributed by atoms with van der Waals surface area (Å²) in [6.07, 6.45) is -0.795. The van der Waals surface area contributed by atoms with Crippen LogP contribution in [0, 0.1) is 28.5 Å². The first kappa shape index (κ1) is 14.5. The lowest BCUT2D eigenvalue weighted by Crippen LogP contribution is -1.97. The molecular weight excluding hydrogens is 271 g/mol. The van der Waals surface area contributed by atoms with Crippen LogP contribution in [0.15, 0.2) is 36.4 Å². The maximum absolute atomic E-state index is 13.6. The lowest BCUT2D eigenvalue weighted by molar-refractivity contribution is 0.195. The second-order valence-corrected chi connectivity index (χ2v) is 4.40. The molecule has 0 bridgehead atoms. The molecule has 2 rings (SSSR count). The summed E-state index contributed by atoms with van der Waals surface area (Å²) >= 11 is 0. The Labute approximate surface area is 121 Å². The Morgan fingerprint density at radius 2 is 1.90 bits per heavy atom. The normalized spacial score (nSPS) is 11.3. The largest absolute Gasteiger partial charge is 0.457 e. The zero-order valence-electron chi connectivity index (χ0n) is 11.2. The van der Waals surface area contributed by atoms with Gasteiger partial charge in [-0.25, -0.2) is 4.39 Å². The van der Waals surface area contributed by atoms with Crippen LogP contribution in [0.2, 0.25) is 0 Å². The average Bonchev–Trinajstić information content (AvgIpc) is 2.47. The van der Waals surface area contributed by atoms with Gasteiger partial charge in [0.05, 0.1) is 23.3 Å². The van der Waals surface area contributed by atoms with E-state index >= 15 is 0 Å². The zero-order chi connectivity index (χ0) is 15.4. The standard InChI is InChI=1S/C16H11FN2O2/c1-10(20)14-5-2-11(8-18)6-16(14)21-13-4-3-12(9-19)15(17)7-13/h2-7,10,20H,1H3/t10-/m0/s1. The maximum atomic E-state index is 13.6. The van der Waals surface area contributed by atoms with E-state index in [1.54, 1.807) is 25.1 Å². The predicted molar refractivity (Wildman–Crippen MR) is 73.0 cm³/mol. The Morgan fingerprint density at radius 3 is 2.48 bits per heavy atom. The third-order valence-electron chi connectivity index (χ3n) is 2.88. The van der Waals surface area contributed by atoms with Gasteiger partial charge in [0.2, 0.25) is 0 Å². The molecule has 0 aliphatic heterocycles. The number of hydrogen-bond donors (Lipinski definition) is 1. The van der Waals surface area contributed by atoms with Gasteiger partial charge in [0.15, 0.2) is 0 Å². The second-order valence-electron chi connectivity index (χ2n) is 4.40. The van der Waals surface area contributed by atoms with Crippen molar-refractivity contribution in [2.45, 2.75) is 13.0 Å². The maximum Gasteiger partial charge on any atom is 0.144 e. The van der Waals surface area contributed by atoms with Crippen molar-refractivity contribution < 1.29 is 14.2 Å².